The van der Waals surface area contributed by atoms with Crippen LogP contribution < -0.4 is 9.47 Å². The number of rotatable bonds is 5. The molecule has 1 N–H and O–H groups in total. The van der Waals surface area contributed by atoms with Crippen LogP contribution in [-0.2, 0) is 20.3 Å². The lowest BCUT2D eigenvalue weighted by Gasteiger charge is -2.11. The second kappa shape index (κ2) is 5.50. The molecule has 0 radical (unpaired) electrons. The first-order chi connectivity index (χ1) is 8.74. The Balaban J connectivity index is 2.14. The van der Waals surface area contributed by atoms with Gasteiger partial charge in [0.15, 0.2) is 5.82 Å². The molecule has 0 spiro atoms. The monoisotopic (exact) mass is 249 g/mol. The Morgan fingerprint density at radius 3 is 2.83 bits per heavy atom. The van der Waals surface area contributed by atoms with Crippen LogP contribution in [0, 0.1) is 0 Å². The van der Waals surface area contributed by atoms with E-state index in [0.29, 0.717) is 22.9 Å². The molecule has 18 heavy (non-hydrogen) atoms. The van der Waals surface area contributed by atoms with Gasteiger partial charge in [-0.15, -0.1) is 10.2 Å². The molecule has 96 valence electrons. The van der Waals surface area contributed by atoms with Gasteiger partial charge in [-0.2, -0.15) is 0 Å². The summed E-state index contributed by atoms with van der Waals surface area (Å²) >= 11 is 0. The standard InChI is InChI=1S/C12H15N3O3/c1-15-8-13-14-12(15)7-18-11-5-10(17-2)4-3-9(11)6-16/h3-5,8,16H,6-7H2,1-2H3. The lowest BCUT2D eigenvalue weighted by Crippen LogP contribution is -2.04. The fourth-order valence-corrected chi connectivity index (χ4v) is 1.51. The van der Waals surface area contributed by atoms with Crippen molar-refractivity contribution in [2.24, 2.45) is 7.05 Å². The molecule has 2 aromatic rings. The van der Waals surface area contributed by atoms with E-state index in [-0.39, 0.29) is 13.2 Å². The van der Waals surface area contributed by atoms with E-state index in [2.05, 4.69) is 10.2 Å². The first-order valence-electron chi connectivity index (χ1n) is 5.48. The molecule has 1 aromatic carbocycles. The third-order valence-corrected chi connectivity index (χ3v) is 2.61. The number of hydrogen-bond acceptors (Lipinski definition) is 5. The zero-order valence-electron chi connectivity index (χ0n) is 10.3. The minimum absolute atomic E-state index is 0.0852. The van der Waals surface area contributed by atoms with Crippen LogP contribution in [0.5, 0.6) is 11.5 Å². The molecular weight excluding hydrogens is 234 g/mol. The fourth-order valence-electron chi connectivity index (χ4n) is 1.51. The van der Waals surface area contributed by atoms with Gasteiger partial charge in [0.1, 0.15) is 24.4 Å². The van der Waals surface area contributed by atoms with E-state index in [1.165, 1.54) is 0 Å². The number of hydrogen-bond donors (Lipinski definition) is 1. The molecule has 0 atom stereocenters. The van der Waals surface area contributed by atoms with E-state index < -0.39 is 0 Å². The van der Waals surface area contributed by atoms with Crippen LogP contribution in [0.3, 0.4) is 0 Å². The summed E-state index contributed by atoms with van der Waals surface area (Å²) in [6, 6.07) is 5.29. The van der Waals surface area contributed by atoms with E-state index in [1.807, 2.05) is 7.05 Å². The third-order valence-electron chi connectivity index (χ3n) is 2.61. The van der Waals surface area contributed by atoms with Crippen molar-refractivity contribution in [3.05, 3.63) is 35.9 Å². The zero-order valence-corrected chi connectivity index (χ0v) is 10.3. The van der Waals surface area contributed by atoms with Gasteiger partial charge in [-0.1, -0.05) is 0 Å². The van der Waals surface area contributed by atoms with Crippen LogP contribution >= 0.6 is 0 Å². The van der Waals surface area contributed by atoms with Gasteiger partial charge in [0.25, 0.3) is 0 Å². The van der Waals surface area contributed by atoms with Crippen molar-refractivity contribution in [1.82, 2.24) is 14.8 Å². The van der Waals surface area contributed by atoms with Gasteiger partial charge >= 0.3 is 0 Å². The van der Waals surface area contributed by atoms with Crippen molar-refractivity contribution in [3.8, 4) is 11.5 Å². The number of ether oxygens (including phenoxy) is 2. The molecule has 6 nitrogen and oxygen atoms in total. The predicted octanol–water partition coefficient (Wildman–Crippen LogP) is 0.895. The number of methoxy groups -OCH3 is 1. The first kappa shape index (κ1) is 12.4. The summed E-state index contributed by atoms with van der Waals surface area (Å²) in [4.78, 5) is 0. The summed E-state index contributed by atoms with van der Waals surface area (Å²) < 4.78 is 12.5. The number of aryl methyl sites for hydroxylation is 1. The molecule has 0 aliphatic heterocycles. The van der Waals surface area contributed by atoms with Crippen molar-refractivity contribution in [2.75, 3.05) is 7.11 Å². The molecule has 2 rings (SSSR count). The molecule has 6 heteroatoms. The molecule has 1 aromatic heterocycles. The smallest absolute Gasteiger partial charge is 0.170 e. The van der Waals surface area contributed by atoms with Crippen LogP contribution in [0.25, 0.3) is 0 Å². The van der Waals surface area contributed by atoms with Gasteiger partial charge in [-0.25, -0.2) is 0 Å². The van der Waals surface area contributed by atoms with E-state index in [4.69, 9.17) is 9.47 Å². The summed E-state index contributed by atoms with van der Waals surface area (Å²) in [7, 11) is 3.43. The van der Waals surface area contributed by atoms with Gasteiger partial charge in [0.2, 0.25) is 0 Å². The minimum Gasteiger partial charge on any atom is -0.497 e. The maximum absolute atomic E-state index is 9.24. The number of benzene rings is 1. The van der Waals surface area contributed by atoms with Crippen LogP contribution in [0.2, 0.25) is 0 Å². The summed E-state index contributed by atoms with van der Waals surface area (Å²) in [5.74, 6) is 1.97. The molecule has 0 aliphatic carbocycles. The third kappa shape index (κ3) is 2.60. The summed E-state index contributed by atoms with van der Waals surface area (Å²) in [5, 5.41) is 16.9. The molecule has 0 saturated heterocycles. The summed E-state index contributed by atoms with van der Waals surface area (Å²) in [5.41, 5.74) is 0.706. The summed E-state index contributed by atoms with van der Waals surface area (Å²) in [6.45, 7) is 0.203. The Morgan fingerprint density at radius 1 is 1.39 bits per heavy atom. The quantitative estimate of drug-likeness (QED) is 0.852. The van der Waals surface area contributed by atoms with Crippen LogP contribution in [0.1, 0.15) is 11.4 Å². The van der Waals surface area contributed by atoms with Gasteiger partial charge in [0, 0.05) is 18.7 Å². The molecule has 0 saturated carbocycles. The molecule has 0 bridgehead atoms. The minimum atomic E-state index is -0.0852. The topological polar surface area (TPSA) is 69.4 Å². The Kier molecular flexibility index (Phi) is 3.78. The highest BCUT2D eigenvalue weighted by Crippen LogP contribution is 2.25. The molecule has 0 amide bonds. The van der Waals surface area contributed by atoms with Gasteiger partial charge in [0.05, 0.1) is 13.7 Å². The molecule has 0 aliphatic rings. The normalized spacial score (nSPS) is 10.4. The van der Waals surface area contributed by atoms with Gasteiger partial charge in [-0.3, -0.25) is 0 Å². The molecule has 0 fully saturated rings. The Labute approximate surface area is 105 Å². The van der Waals surface area contributed by atoms with Crippen LogP contribution in [0.4, 0.5) is 0 Å². The number of nitrogens with zero attached hydrogens (tertiary/aromatic N) is 3. The van der Waals surface area contributed by atoms with E-state index in [9.17, 15) is 5.11 Å². The van der Waals surface area contributed by atoms with Crippen molar-refractivity contribution in [1.29, 1.82) is 0 Å². The predicted molar refractivity (Wildman–Crippen MR) is 64.3 cm³/mol. The number of aliphatic hydroxyl groups is 1. The fraction of sp³-hybridized carbons (Fsp3) is 0.333. The van der Waals surface area contributed by atoms with Crippen LogP contribution in [-0.4, -0.2) is 27.0 Å². The Hall–Kier alpha value is -2.08. The number of aromatic nitrogens is 3. The first-order valence-corrected chi connectivity index (χ1v) is 5.48. The Morgan fingerprint density at radius 2 is 2.22 bits per heavy atom. The lowest BCUT2D eigenvalue weighted by molar-refractivity contribution is 0.253. The Bertz CT molecular complexity index is 525. The van der Waals surface area contributed by atoms with Gasteiger partial charge < -0.3 is 19.1 Å². The second-order valence-electron chi connectivity index (χ2n) is 3.78. The van der Waals surface area contributed by atoms with Crippen LogP contribution in [0.15, 0.2) is 24.5 Å². The molecular formula is C12H15N3O3. The SMILES string of the molecule is COc1ccc(CO)c(OCc2nncn2C)c1. The van der Waals surface area contributed by atoms with E-state index in [0.717, 1.165) is 0 Å². The van der Waals surface area contributed by atoms with Crippen molar-refractivity contribution in [2.45, 2.75) is 13.2 Å². The maximum Gasteiger partial charge on any atom is 0.170 e. The maximum atomic E-state index is 9.24. The molecule has 1 heterocycles. The van der Waals surface area contributed by atoms with E-state index in [1.54, 1.807) is 36.2 Å². The average Bonchev–Trinajstić information content (AvgIpc) is 2.81. The zero-order chi connectivity index (χ0) is 13.0. The largest absolute Gasteiger partial charge is 0.497 e. The van der Waals surface area contributed by atoms with Crippen molar-refractivity contribution < 1.29 is 14.6 Å². The molecule has 0 unspecified atom stereocenters. The lowest BCUT2D eigenvalue weighted by atomic mass is 10.2. The highest BCUT2D eigenvalue weighted by Gasteiger charge is 2.07. The second-order valence-corrected chi connectivity index (χ2v) is 3.78. The van der Waals surface area contributed by atoms with E-state index >= 15 is 0 Å². The van der Waals surface area contributed by atoms with Crippen molar-refractivity contribution in [3.63, 3.8) is 0 Å². The van der Waals surface area contributed by atoms with Crippen molar-refractivity contribution >= 4 is 0 Å². The number of aliphatic hydroxyl groups excluding tert-OH is 1. The summed E-state index contributed by atoms with van der Waals surface area (Å²) in [6.07, 6.45) is 1.61. The highest BCUT2D eigenvalue weighted by molar-refractivity contribution is 5.40. The highest BCUT2D eigenvalue weighted by atomic mass is 16.5. The average molecular weight is 249 g/mol. The van der Waals surface area contributed by atoms with Gasteiger partial charge in [-0.05, 0) is 12.1 Å².